The highest BCUT2D eigenvalue weighted by atomic mass is 32.1. The summed E-state index contributed by atoms with van der Waals surface area (Å²) in [7, 11) is 0. The normalized spacial score (nSPS) is 24.0. The van der Waals surface area contributed by atoms with Gasteiger partial charge in [0, 0.05) is 48.6 Å². The fraction of sp³-hybridized carbons (Fsp3) is 0.449. The summed E-state index contributed by atoms with van der Waals surface area (Å²) in [5.74, 6) is 1.52. The van der Waals surface area contributed by atoms with Gasteiger partial charge in [-0.25, -0.2) is 0 Å². The molecule has 1 spiro atoms. The zero-order valence-corrected chi connectivity index (χ0v) is 47.3. The molecular formula is C69H77BN2S. The van der Waals surface area contributed by atoms with Crippen LogP contribution in [0.2, 0.25) is 0 Å². The van der Waals surface area contributed by atoms with Crippen molar-refractivity contribution in [3.05, 3.63) is 148 Å². The molecule has 372 valence electrons. The molecule has 73 heavy (non-hydrogen) atoms. The van der Waals surface area contributed by atoms with Crippen LogP contribution in [-0.4, -0.2) is 6.71 Å². The summed E-state index contributed by atoms with van der Waals surface area (Å²) < 4.78 is 2.86. The van der Waals surface area contributed by atoms with Crippen LogP contribution in [-0.2, 0) is 37.9 Å². The summed E-state index contributed by atoms with van der Waals surface area (Å²) in [6, 6.07) is 43.1. The Bertz CT molecular complexity index is 3550. The molecule has 7 aromatic rings. The Morgan fingerprint density at radius 3 is 1.82 bits per heavy atom. The van der Waals surface area contributed by atoms with Crippen molar-refractivity contribution in [2.45, 2.75) is 186 Å². The molecule has 3 unspecified atom stereocenters. The second-order valence-corrected chi connectivity index (χ2v) is 30.2. The summed E-state index contributed by atoms with van der Waals surface area (Å²) in [5, 5.41) is 1.38. The quantitative estimate of drug-likeness (QED) is 0.159. The fourth-order valence-electron chi connectivity index (χ4n) is 16.3. The van der Waals surface area contributed by atoms with E-state index in [-0.39, 0.29) is 44.6 Å². The van der Waals surface area contributed by atoms with Gasteiger partial charge in [0.05, 0.1) is 11.4 Å². The first-order valence-electron chi connectivity index (χ1n) is 28.3. The van der Waals surface area contributed by atoms with E-state index in [1.165, 1.54) is 150 Å². The molecule has 2 nitrogen and oxygen atoms in total. The van der Waals surface area contributed by atoms with Gasteiger partial charge in [0.15, 0.2) is 0 Å². The lowest BCUT2D eigenvalue weighted by Gasteiger charge is -2.48. The SMILES string of the molecule is CC(C)(C)c1cc2c3c(c1)N(c1ccc4c(c1)C(C)(C)CCC4(C)C)c1c(sc4ccc(C(C)(C)C)cc14)B3c1cc3c(cc1N2c1cccc2c1-c1ccccc1C21CC2CCC1C2)C(C)(C)CCC3(C)C. The van der Waals surface area contributed by atoms with Gasteiger partial charge in [0.2, 0.25) is 0 Å². The van der Waals surface area contributed by atoms with Gasteiger partial charge in [-0.15, -0.1) is 11.3 Å². The first-order chi connectivity index (χ1) is 34.4. The van der Waals surface area contributed by atoms with Gasteiger partial charge in [0.25, 0.3) is 6.71 Å². The predicted molar refractivity (Wildman–Crippen MR) is 315 cm³/mol. The lowest BCUT2D eigenvalue weighted by Crippen LogP contribution is -2.61. The van der Waals surface area contributed by atoms with Gasteiger partial charge >= 0.3 is 0 Å². The first kappa shape index (κ1) is 46.5. The molecule has 3 atom stereocenters. The highest BCUT2D eigenvalue weighted by molar-refractivity contribution is 7.33. The Morgan fingerprint density at radius 1 is 0.534 bits per heavy atom. The third-order valence-electron chi connectivity index (χ3n) is 20.7. The molecule has 2 fully saturated rings. The largest absolute Gasteiger partial charge is 0.311 e. The van der Waals surface area contributed by atoms with Crippen molar-refractivity contribution in [1.82, 2.24) is 0 Å². The third-order valence-corrected chi connectivity index (χ3v) is 22.0. The summed E-state index contributed by atoms with van der Waals surface area (Å²) in [5.41, 5.74) is 26.3. The van der Waals surface area contributed by atoms with Crippen LogP contribution in [0.1, 0.15) is 193 Å². The van der Waals surface area contributed by atoms with Crippen LogP contribution in [0.25, 0.3) is 21.2 Å². The van der Waals surface area contributed by atoms with E-state index in [9.17, 15) is 0 Å². The Kier molecular flexibility index (Phi) is 9.33. The van der Waals surface area contributed by atoms with Crippen molar-refractivity contribution in [2.24, 2.45) is 11.8 Å². The highest BCUT2D eigenvalue weighted by Crippen LogP contribution is 2.67. The monoisotopic (exact) mass is 977 g/mol. The van der Waals surface area contributed by atoms with E-state index in [2.05, 4.69) is 221 Å². The maximum Gasteiger partial charge on any atom is 0.264 e. The minimum absolute atomic E-state index is 0.00892. The summed E-state index contributed by atoms with van der Waals surface area (Å²) in [6.45, 7) is 34.6. The fourth-order valence-corrected chi connectivity index (χ4v) is 17.6. The number of thiophene rings is 1. The topological polar surface area (TPSA) is 6.48 Å². The number of rotatable bonds is 2. The van der Waals surface area contributed by atoms with E-state index >= 15 is 0 Å². The zero-order valence-electron chi connectivity index (χ0n) is 46.5. The molecule has 1 aromatic heterocycles. The van der Waals surface area contributed by atoms with E-state index in [1.807, 2.05) is 0 Å². The molecule has 2 bridgehead atoms. The third kappa shape index (κ3) is 6.29. The molecule has 7 aliphatic rings. The Hall–Kier alpha value is -5.06. The van der Waals surface area contributed by atoms with Gasteiger partial charge in [0.1, 0.15) is 0 Å². The summed E-state index contributed by atoms with van der Waals surface area (Å²) >= 11 is 2.06. The van der Waals surface area contributed by atoms with E-state index < -0.39 is 0 Å². The van der Waals surface area contributed by atoms with E-state index in [0.29, 0.717) is 5.92 Å². The molecule has 6 aromatic carbocycles. The molecule has 0 radical (unpaired) electrons. The van der Waals surface area contributed by atoms with Crippen molar-refractivity contribution >= 4 is 78.0 Å². The average molecular weight is 977 g/mol. The van der Waals surface area contributed by atoms with Gasteiger partial charge < -0.3 is 9.80 Å². The second kappa shape index (κ2) is 14.7. The molecule has 3 heterocycles. The van der Waals surface area contributed by atoms with Crippen LogP contribution in [0.4, 0.5) is 34.1 Å². The molecule has 4 heteroatoms. The van der Waals surface area contributed by atoms with Gasteiger partial charge in [-0.05, 0) is 199 Å². The number of nitrogens with zero attached hydrogens (tertiary/aromatic N) is 2. The Balaban J connectivity index is 1.13. The first-order valence-corrected chi connectivity index (χ1v) is 29.1. The number of hydrogen-bond donors (Lipinski definition) is 0. The van der Waals surface area contributed by atoms with Crippen molar-refractivity contribution in [3.63, 3.8) is 0 Å². The van der Waals surface area contributed by atoms with E-state index in [1.54, 1.807) is 16.7 Å². The van der Waals surface area contributed by atoms with Crippen LogP contribution >= 0.6 is 11.3 Å². The van der Waals surface area contributed by atoms with Gasteiger partial charge in [-0.1, -0.05) is 158 Å². The van der Waals surface area contributed by atoms with Crippen LogP contribution in [0.15, 0.2) is 103 Å². The smallest absolute Gasteiger partial charge is 0.264 e. The zero-order chi connectivity index (χ0) is 50.9. The number of hydrogen-bond acceptors (Lipinski definition) is 3. The van der Waals surface area contributed by atoms with Crippen LogP contribution in [0.3, 0.4) is 0 Å². The number of fused-ring (bicyclic) bond motifs is 16. The molecule has 2 saturated carbocycles. The highest BCUT2D eigenvalue weighted by Gasteiger charge is 2.58. The van der Waals surface area contributed by atoms with E-state index in [4.69, 9.17) is 0 Å². The van der Waals surface area contributed by atoms with Crippen molar-refractivity contribution in [3.8, 4) is 11.1 Å². The lowest BCUT2D eigenvalue weighted by atomic mass is 9.35. The van der Waals surface area contributed by atoms with Crippen molar-refractivity contribution in [2.75, 3.05) is 9.80 Å². The maximum atomic E-state index is 2.84. The van der Waals surface area contributed by atoms with Gasteiger partial charge in [-0.2, -0.15) is 0 Å². The molecule has 5 aliphatic carbocycles. The standard InChI is InChI=1S/C69H77BN2S/c1-63(2,3)41-24-27-58-46(33-41)61-62(73-58)70-53-37-51-52(68(13,14)31-30-67(51,11)12)38-55(53)72(54-21-17-20-49-59(54)45-18-15-16-19-47(45)69(49)39-40-22-23-42(69)32-40)57-35-43(64(4,5)6)34-56(60(57)70)71(61)44-25-26-48-50(36-44)66(9,10)29-28-65(48,7)8/h15-21,24-27,33-38,40,42H,22-23,28-32,39H2,1-14H3. The Labute approximate surface area is 442 Å². The van der Waals surface area contributed by atoms with Crippen LogP contribution in [0, 0.1) is 11.8 Å². The number of benzene rings is 6. The van der Waals surface area contributed by atoms with Crippen molar-refractivity contribution in [1.29, 1.82) is 0 Å². The number of anilines is 6. The lowest BCUT2D eigenvalue weighted by molar-refractivity contribution is 0.327. The Morgan fingerprint density at radius 2 is 1.16 bits per heavy atom. The molecule has 0 amide bonds. The molecule has 0 saturated heterocycles. The summed E-state index contributed by atoms with van der Waals surface area (Å²) in [4.78, 5) is 5.62. The molecule has 14 rings (SSSR count). The van der Waals surface area contributed by atoms with Crippen LogP contribution in [0.5, 0.6) is 0 Å². The minimum atomic E-state index is -0.114. The van der Waals surface area contributed by atoms with E-state index in [0.717, 1.165) is 5.92 Å². The van der Waals surface area contributed by atoms with Crippen LogP contribution < -0.4 is 25.5 Å². The predicted octanol–water partition coefficient (Wildman–Crippen LogP) is 17.4. The molecule has 2 aliphatic heterocycles. The van der Waals surface area contributed by atoms with Crippen molar-refractivity contribution < 1.29 is 0 Å². The molecular weight excluding hydrogens is 900 g/mol. The summed E-state index contributed by atoms with van der Waals surface area (Å²) in [6.07, 6.45) is 10.1. The second-order valence-electron chi connectivity index (χ2n) is 29.1. The van der Waals surface area contributed by atoms with Gasteiger partial charge in [-0.3, -0.25) is 0 Å². The maximum absolute atomic E-state index is 2.84. The minimum Gasteiger partial charge on any atom is -0.311 e. The molecule has 0 N–H and O–H groups in total. The average Bonchev–Trinajstić information content (AvgIpc) is 4.12.